The number of hydrogen-bond acceptors (Lipinski definition) is 4. The standard InChI is InChI=1S/C3H3F3O4S/c4-3(5,6)11(8,9)2-10-1-7/h1H,2H2. The Labute approximate surface area is 59.9 Å². The van der Waals surface area contributed by atoms with Crippen LogP contribution in [-0.4, -0.2) is 26.3 Å². The highest BCUT2D eigenvalue weighted by molar-refractivity contribution is 7.92. The van der Waals surface area contributed by atoms with Crippen LogP contribution in [0.25, 0.3) is 0 Å². The number of rotatable bonds is 3. The van der Waals surface area contributed by atoms with Crippen LogP contribution in [0.15, 0.2) is 0 Å². The Morgan fingerprint density at radius 3 is 2.09 bits per heavy atom. The van der Waals surface area contributed by atoms with Crippen LogP contribution in [0.3, 0.4) is 0 Å². The first-order valence-corrected chi connectivity index (χ1v) is 3.81. The third-order valence-electron chi connectivity index (χ3n) is 0.644. The fraction of sp³-hybridized carbons (Fsp3) is 0.667. The number of carbonyl (C=O) groups is 1. The summed E-state index contributed by atoms with van der Waals surface area (Å²) in [7, 11) is -5.31. The molecule has 11 heavy (non-hydrogen) atoms. The molecule has 0 aromatic carbocycles. The zero-order valence-electron chi connectivity index (χ0n) is 4.96. The van der Waals surface area contributed by atoms with Crippen LogP contribution in [0.1, 0.15) is 0 Å². The summed E-state index contributed by atoms with van der Waals surface area (Å²) in [5.41, 5.74) is -5.37. The Morgan fingerprint density at radius 2 is 1.82 bits per heavy atom. The van der Waals surface area contributed by atoms with Crippen molar-refractivity contribution in [2.75, 3.05) is 5.94 Å². The Kier molecular flexibility index (Phi) is 2.85. The zero-order valence-corrected chi connectivity index (χ0v) is 5.78. The van der Waals surface area contributed by atoms with Gasteiger partial charge in [-0.05, 0) is 0 Å². The van der Waals surface area contributed by atoms with E-state index >= 15 is 0 Å². The molecule has 0 aliphatic rings. The smallest absolute Gasteiger partial charge is 0.451 e. The first-order chi connectivity index (χ1) is 4.81. The van der Waals surface area contributed by atoms with Gasteiger partial charge >= 0.3 is 5.51 Å². The summed E-state index contributed by atoms with van der Waals surface area (Å²) in [5, 5.41) is 0. The number of alkyl halides is 3. The lowest BCUT2D eigenvalue weighted by Gasteiger charge is -2.05. The molecule has 8 heteroatoms. The van der Waals surface area contributed by atoms with Crippen molar-refractivity contribution in [3.8, 4) is 0 Å². The molecule has 0 aromatic rings. The first-order valence-electron chi connectivity index (χ1n) is 2.15. The second kappa shape index (κ2) is 3.07. The second-order valence-corrected chi connectivity index (χ2v) is 3.37. The molecule has 0 amide bonds. The van der Waals surface area contributed by atoms with Crippen LogP contribution in [0.5, 0.6) is 0 Å². The van der Waals surface area contributed by atoms with Gasteiger partial charge in [0.1, 0.15) is 0 Å². The Morgan fingerprint density at radius 1 is 1.36 bits per heavy atom. The van der Waals surface area contributed by atoms with E-state index in [0.717, 1.165) is 0 Å². The van der Waals surface area contributed by atoms with Crippen molar-refractivity contribution in [3.63, 3.8) is 0 Å². The molecule has 4 nitrogen and oxygen atoms in total. The second-order valence-electron chi connectivity index (χ2n) is 1.44. The summed E-state index contributed by atoms with van der Waals surface area (Å²) in [5.74, 6) is -1.67. The molecule has 0 spiro atoms. The van der Waals surface area contributed by atoms with Crippen molar-refractivity contribution in [3.05, 3.63) is 0 Å². The number of hydrogen-bond donors (Lipinski definition) is 0. The van der Waals surface area contributed by atoms with Crippen LogP contribution in [-0.2, 0) is 19.4 Å². The summed E-state index contributed by atoms with van der Waals surface area (Å²) < 4.78 is 57.6. The van der Waals surface area contributed by atoms with Gasteiger partial charge in [-0.3, -0.25) is 4.79 Å². The molecule has 0 unspecified atom stereocenters. The van der Waals surface area contributed by atoms with Crippen molar-refractivity contribution in [2.45, 2.75) is 5.51 Å². The molecule has 0 N–H and O–H groups in total. The molecule has 0 heterocycles. The maximum atomic E-state index is 11.4. The first kappa shape index (κ1) is 10.2. The summed E-state index contributed by atoms with van der Waals surface area (Å²) in [6.07, 6.45) is 0. The number of carbonyl (C=O) groups excluding carboxylic acids is 1. The molecular weight excluding hydrogens is 189 g/mol. The van der Waals surface area contributed by atoms with Crippen molar-refractivity contribution in [2.24, 2.45) is 0 Å². The van der Waals surface area contributed by atoms with Crippen LogP contribution >= 0.6 is 0 Å². The van der Waals surface area contributed by atoms with Crippen LogP contribution in [0, 0.1) is 0 Å². The van der Waals surface area contributed by atoms with E-state index in [4.69, 9.17) is 0 Å². The van der Waals surface area contributed by atoms with Crippen LogP contribution in [0.4, 0.5) is 13.2 Å². The number of sulfone groups is 1. The highest BCUT2D eigenvalue weighted by atomic mass is 32.2. The highest BCUT2D eigenvalue weighted by Gasteiger charge is 2.46. The van der Waals surface area contributed by atoms with Crippen molar-refractivity contribution < 1.29 is 31.1 Å². The van der Waals surface area contributed by atoms with Crippen molar-refractivity contribution in [1.29, 1.82) is 0 Å². The average Bonchev–Trinajstić information content (AvgIpc) is 1.81. The number of halogens is 3. The van der Waals surface area contributed by atoms with E-state index in [1.54, 1.807) is 0 Å². The minimum Gasteiger partial charge on any atom is -0.451 e. The minimum absolute atomic E-state index is 0.372. The third-order valence-corrected chi connectivity index (χ3v) is 1.80. The van der Waals surface area contributed by atoms with E-state index in [2.05, 4.69) is 4.74 Å². The summed E-state index contributed by atoms with van der Waals surface area (Å²) >= 11 is 0. The van der Waals surface area contributed by atoms with Gasteiger partial charge in [0.25, 0.3) is 16.3 Å². The van der Waals surface area contributed by atoms with Gasteiger partial charge in [-0.25, -0.2) is 8.42 Å². The molecule has 66 valence electrons. The summed E-state index contributed by atoms with van der Waals surface area (Å²) in [4.78, 5) is 9.32. The Balaban J connectivity index is 4.37. The predicted molar refractivity (Wildman–Crippen MR) is 27.0 cm³/mol. The van der Waals surface area contributed by atoms with E-state index in [1.165, 1.54) is 0 Å². The maximum absolute atomic E-state index is 11.4. The highest BCUT2D eigenvalue weighted by Crippen LogP contribution is 2.23. The molecule has 0 rings (SSSR count). The lowest BCUT2D eigenvalue weighted by Crippen LogP contribution is -2.27. The van der Waals surface area contributed by atoms with Crippen LogP contribution in [0.2, 0.25) is 0 Å². The summed E-state index contributed by atoms with van der Waals surface area (Å²) in [6.45, 7) is -0.372. The fourth-order valence-corrected chi connectivity index (χ4v) is 0.553. The molecule has 0 aliphatic heterocycles. The van der Waals surface area contributed by atoms with Gasteiger partial charge in [0.05, 0.1) is 0 Å². The fourth-order valence-electron chi connectivity index (χ4n) is 0.184. The molecule has 0 atom stereocenters. The van der Waals surface area contributed by atoms with E-state index in [9.17, 15) is 26.4 Å². The van der Waals surface area contributed by atoms with E-state index in [-0.39, 0.29) is 6.47 Å². The zero-order chi connectivity index (χ0) is 9.12. The van der Waals surface area contributed by atoms with E-state index in [1.807, 2.05) is 0 Å². The average molecular weight is 192 g/mol. The third kappa shape index (κ3) is 2.74. The molecule has 0 bridgehead atoms. The minimum atomic E-state index is -5.37. The van der Waals surface area contributed by atoms with Gasteiger partial charge in [0, 0.05) is 0 Å². The van der Waals surface area contributed by atoms with Gasteiger partial charge in [-0.15, -0.1) is 0 Å². The quantitative estimate of drug-likeness (QED) is 0.593. The van der Waals surface area contributed by atoms with Gasteiger partial charge < -0.3 is 4.74 Å². The van der Waals surface area contributed by atoms with Gasteiger partial charge in [0.2, 0.25) is 5.94 Å². The monoisotopic (exact) mass is 192 g/mol. The van der Waals surface area contributed by atoms with Gasteiger partial charge in [-0.2, -0.15) is 13.2 Å². The van der Waals surface area contributed by atoms with Crippen molar-refractivity contribution in [1.82, 2.24) is 0 Å². The Hall–Kier alpha value is -0.790. The predicted octanol–water partition coefficient (Wildman–Crippen LogP) is 0.0515. The molecule has 0 saturated carbocycles. The maximum Gasteiger partial charge on any atom is 0.500 e. The topological polar surface area (TPSA) is 60.4 Å². The SMILES string of the molecule is O=COCS(=O)(=O)C(F)(F)F. The van der Waals surface area contributed by atoms with Crippen molar-refractivity contribution >= 4 is 16.3 Å². The lowest BCUT2D eigenvalue weighted by atomic mass is 11.5. The lowest BCUT2D eigenvalue weighted by molar-refractivity contribution is -0.127. The molecule has 0 saturated heterocycles. The summed E-state index contributed by atoms with van der Waals surface area (Å²) in [6, 6.07) is 0. The number of ether oxygens (including phenoxy) is 1. The van der Waals surface area contributed by atoms with E-state index < -0.39 is 21.3 Å². The van der Waals surface area contributed by atoms with Gasteiger partial charge in [0.15, 0.2) is 0 Å². The van der Waals surface area contributed by atoms with E-state index in [0.29, 0.717) is 0 Å². The molecule has 0 fully saturated rings. The normalized spacial score (nSPS) is 12.6. The largest absolute Gasteiger partial charge is 0.500 e. The molecule has 0 radical (unpaired) electrons. The molecule has 0 aromatic heterocycles. The van der Waals surface area contributed by atoms with Crippen LogP contribution < -0.4 is 0 Å². The molecule has 0 aliphatic carbocycles. The molecular formula is C3H3F3O4S. The Bertz CT molecular complexity index is 227. The van der Waals surface area contributed by atoms with Gasteiger partial charge in [-0.1, -0.05) is 0 Å².